The first-order valence-corrected chi connectivity index (χ1v) is 8.71. The van der Waals surface area contributed by atoms with Gasteiger partial charge in [0, 0.05) is 18.8 Å². The van der Waals surface area contributed by atoms with Crippen LogP contribution in [0.3, 0.4) is 0 Å². The zero-order valence-corrected chi connectivity index (χ0v) is 14.6. The molecule has 0 aromatic heterocycles. The number of nitrogens with one attached hydrogen (secondary N) is 1. The Morgan fingerprint density at radius 3 is 2.10 bits per heavy atom. The Morgan fingerprint density at radius 1 is 1.00 bits per heavy atom. The van der Waals surface area contributed by atoms with E-state index in [0.717, 1.165) is 23.9 Å². The summed E-state index contributed by atoms with van der Waals surface area (Å²) in [6, 6.07) is 8.32. The van der Waals surface area contributed by atoms with Crippen LogP contribution in [0.5, 0.6) is 0 Å². The van der Waals surface area contributed by atoms with Crippen LogP contribution < -0.4 is 5.32 Å². The average molecular weight is 307 g/mol. The molecule has 2 nitrogen and oxygen atoms in total. The van der Waals surface area contributed by atoms with Crippen molar-refractivity contribution in [3.05, 3.63) is 29.8 Å². The molecular weight excluding hydrogens is 276 g/mol. The summed E-state index contributed by atoms with van der Waals surface area (Å²) in [7, 11) is 0. The zero-order valence-electron chi connectivity index (χ0n) is 13.8. The van der Waals surface area contributed by atoms with Crippen LogP contribution >= 0.6 is 12.2 Å². The molecule has 0 bridgehead atoms. The molecule has 0 saturated carbocycles. The molecule has 1 aromatic carbocycles. The molecule has 0 unspecified atom stereocenters. The van der Waals surface area contributed by atoms with Crippen molar-refractivity contribution in [3.8, 4) is 0 Å². The molecule has 0 radical (unpaired) electrons. The highest BCUT2D eigenvalue weighted by atomic mass is 32.1. The van der Waals surface area contributed by atoms with Crippen LogP contribution in [0.4, 0.5) is 5.69 Å². The van der Waals surface area contributed by atoms with Crippen molar-refractivity contribution < 1.29 is 0 Å². The molecule has 0 aliphatic heterocycles. The van der Waals surface area contributed by atoms with Crippen LogP contribution in [0.15, 0.2) is 24.3 Å². The van der Waals surface area contributed by atoms with Crippen molar-refractivity contribution in [3.63, 3.8) is 0 Å². The molecule has 3 heteroatoms. The number of unbranched alkanes of at least 4 members (excludes halogenated alkanes) is 4. The largest absolute Gasteiger partial charge is 0.349 e. The third-order valence-electron chi connectivity index (χ3n) is 3.74. The summed E-state index contributed by atoms with van der Waals surface area (Å²) in [6.07, 6.45) is 7.49. The summed E-state index contributed by atoms with van der Waals surface area (Å²) in [4.78, 5) is 2.34. The molecule has 0 heterocycles. The van der Waals surface area contributed by atoms with Crippen LogP contribution in [0, 0.1) is 6.92 Å². The number of benzene rings is 1. The molecule has 1 rings (SSSR count). The van der Waals surface area contributed by atoms with Crippen molar-refractivity contribution in [2.24, 2.45) is 0 Å². The third kappa shape index (κ3) is 6.94. The predicted molar refractivity (Wildman–Crippen MR) is 98.0 cm³/mol. The molecule has 0 saturated heterocycles. The van der Waals surface area contributed by atoms with Gasteiger partial charge in [0.2, 0.25) is 0 Å². The maximum atomic E-state index is 5.63. The normalized spacial score (nSPS) is 10.4. The SMILES string of the molecule is CCCCCN(CCCCC)C(=S)Nc1ccccc1C. The smallest absolute Gasteiger partial charge is 0.173 e. The van der Waals surface area contributed by atoms with E-state index >= 15 is 0 Å². The van der Waals surface area contributed by atoms with E-state index in [1.54, 1.807) is 0 Å². The Bertz CT molecular complexity index is 407. The van der Waals surface area contributed by atoms with E-state index in [0.29, 0.717) is 0 Å². The Kier molecular flexibility index (Phi) is 9.07. The van der Waals surface area contributed by atoms with Gasteiger partial charge in [0.15, 0.2) is 5.11 Å². The van der Waals surface area contributed by atoms with Crippen LogP contribution in [-0.4, -0.2) is 23.1 Å². The molecule has 118 valence electrons. The number of aryl methyl sites for hydroxylation is 1. The molecule has 0 spiro atoms. The topological polar surface area (TPSA) is 15.3 Å². The quantitative estimate of drug-likeness (QED) is 0.487. The Balaban J connectivity index is 2.58. The fraction of sp³-hybridized carbons (Fsp3) is 0.611. The molecular formula is C18H30N2S. The summed E-state index contributed by atoms with van der Waals surface area (Å²) >= 11 is 5.63. The fourth-order valence-electron chi connectivity index (χ4n) is 2.33. The molecule has 0 aliphatic carbocycles. The molecule has 1 N–H and O–H groups in total. The van der Waals surface area contributed by atoms with Crippen molar-refractivity contribution >= 4 is 23.0 Å². The van der Waals surface area contributed by atoms with Crippen molar-refractivity contribution in [2.45, 2.75) is 59.3 Å². The van der Waals surface area contributed by atoms with E-state index in [1.165, 1.54) is 44.1 Å². The van der Waals surface area contributed by atoms with Gasteiger partial charge in [-0.1, -0.05) is 57.7 Å². The van der Waals surface area contributed by atoms with Gasteiger partial charge in [0.25, 0.3) is 0 Å². The molecule has 0 fully saturated rings. The summed E-state index contributed by atoms with van der Waals surface area (Å²) in [5.74, 6) is 0. The minimum Gasteiger partial charge on any atom is -0.349 e. The number of anilines is 1. The van der Waals surface area contributed by atoms with Crippen molar-refractivity contribution in [2.75, 3.05) is 18.4 Å². The maximum Gasteiger partial charge on any atom is 0.173 e. The van der Waals surface area contributed by atoms with Gasteiger partial charge in [-0.15, -0.1) is 0 Å². The molecule has 0 amide bonds. The van der Waals surface area contributed by atoms with E-state index in [-0.39, 0.29) is 0 Å². The highest BCUT2D eigenvalue weighted by Crippen LogP contribution is 2.14. The number of para-hydroxylation sites is 1. The fourth-order valence-corrected chi connectivity index (χ4v) is 2.62. The van der Waals surface area contributed by atoms with Gasteiger partial charge in [-0.3, -0.25) is 0 Å². The Hall–Kier alpha value is -1.09. The second-order valence-corrected chi connectivity index (χ2v) is 6.03. The lowest BCUT2D eigenvalue weighted by Crippen LogP contribution is -2.36. The predicted octanol–water partition coefficient (Wildman–Crippen LogP) is 5.37. The van der Waals surface area contributed by atoms with Gasteiger partial charge in [0.05, 0.1) is 0 Å². The van der Waals surface area contributed by atoms with Gasteiger partial charge in [0.1, 0.15) is 0 Å². The Labute approximate surface area is 135 Å². The number of hydrogen-bond donors (Lipinski definition) is 1. The lowest BCUT2D eigenvalue weighted by molar-refractivity contribution is 0.395. The van der Waals surface area contributed by atoms with Crippen LogP contribution in [-0.2, 0) is 0 Å². The van der Waals surface area contributed by atoms with E-state index in [4.69, 9.17) is 12.2 Å². The van der Waals surface area contributed by atoms with Gasteiger partial charge in [-0.2, -0.15) is 0 Å². The van der Waals surface area contributed by atoms with E-state index in [1.807, 2.05) is 0 Å². The number of nitrogens with zero attached hydrogens (tertiary/aromatic N) is 1. The minimum absolute atomic E-state index is 0.872. The van der Waals surface area contributed by atoms with E-state index in [9.17, 15) is 0 Å². The molecule has 0 aliphatic rings. The summed E-state index contributed by atoms with van der Waals surface area (Å²) in [5.41, 5.74) is 2.36. The van der Waals surface area contributed by atoms with Gasteiger partial charge >= 0.3 is 0 Å². The van der Waals surface area contributed by atoms with Crippen molar-refractivity contribution in [1.29, 1.82) is 0 Å². The van der Waals surface area contributed by atoms with Crippen molar-refractivity contribution in [1.82, 2.24) is 4.90 Å². The van der Waals surface area contributed by atoms with Crippen LogP contribution in [0.25, 0.3) is 0 Å². The summed E-state index contributed by atoms with van der Waals surface area (Å²) < 4.78 is 0. The first-order valence-electron chi connectivity index (χ1n) is 8.30. The average Bonchev–Trinajstić information content (AvgIpc) is 2.48. The summed E-state index contributed by atoms with van der Waals surface area (Å²) in [6.45, 7) is 8.73. The van der Waals surface area contributed by atoms with E-state index < -0.39 is 0 Å². The molecule has 21 heavy (non-hydrogen) atoms. The van der Waals surface area contributed by atoms with Crippen LogP contribution in [0.1, 0.15) is 57.9 Å². The maximum absolute atomic E-state index is 5.63. The molecule has 1 aromatic rings. The highest BCUT2D eigenvalue weighted by Gasteiger charge is 2.10. The second kappa shape index (κ2) is 10.6. The lowest BCUT2D eigenvalue weighted by atomic mass is 10.2. The van der Waals surface area contributed by atoms with E-state index in [2.05, 4.69) is 55.3 Å². The monoisotopic (exact) mass is 306 g/mol. The third-order valence-corrected chi connectivity index (χ3v) is 4.10. The van der Waals surface area contributed by atoms with Gasteiger partial charge < -0.3 is 10.2 Å². The van der Waals surface area contributed by atoms with Crippen LogP contribution in [0.2, 0.25) is 0 Å². The Morgan fingerprint density at radius 2 is 1.57 bits per heavy atom. The minimum atomic E-state index is 0.872. The lowest BCUT2D eigenvalue weighted by Gasteiger charge is -2.26. The highest BCUT2D eigenvalue weighted by molar-refractivity contribution is 7.80. The first-order chi connectivity index (χ1) is 10.2. The van der Waals surface area contributed by atoms with Gasteiger partial charge in [-0.25, -0.2) is 0 Å². The number of hydrogen-bond acceptors (Lipinski definition) is 1. The second-order valence-electron chi connectivity index (χ2n) is 5.65. The molecule has 0 atom stereocenters. The standard InChI is InChI=1S/C18H30N2S/c1-4-6-10-14-20(15-11-7-5-2)18(21)19-17-13-9-8-12-16(17)3/h8-9,12-13H,4-7,10-11,14-15H2,1-3H3,(H,19,21). The number of rotatable bonds is 9. The zero-order chi connectivity index (χ0) is 15.5. The summed E-state index contributed by atoms with van der Waals surface area (Å²) in [5, 5.41) is 4.29. The first kappa shape index (κ1) is 18.0. The number of thiocarbonyl (C=S) groups is 1. The van der Waals surface area contributed by atoms with Gasteiger partial charge in [-0.05, 0) is 43.6 Å².